The van der Waals surface area contributed by atoms with Crippen LogP contribution in [0.5, 0.6) is 5.75 Å². The van der Waals surface area contributed by atoms with Gasteiger partial charge in [-0.15, -0.1) is 5.10 Å². The van der Waals surface area contributed by atoms with Crippen molar-refractivity contribution < 1.29 is 30.7 Å². The van der Waals surface area contributed by atoms with E-state index in [1.807, 2.05) is 0 Å². The predicted octanol–water partition coefficient (Wildman–Crippen LogP) is 4.18. The van der Waals surface area contributed by atoms with Gasteiger partial charge in [0.25, 0.3) is 5.56 Å². The van der Waals surface area contributed by atoms with Crippen molar-refractivity contribution >= 4 is 16.0 Å². The number of hydrogen-bond acceptors (Lipinski definition) is 6. The van der Waals surface area contributed by atoms with E-state index in [4.69, 9.17) is 4.74 Å². The predicted molar refractivity (Wildman–Crippen MR) is 138 cm³/mol. The number of rotatable bonds is 6. The van der Waals surface area contributed by atoms with E-state index < -0.39 is 33.3 Å². The first-order valence-electron chi connectivity index (χ1n) is 11.8. The number of benzene rings is 2. The number of pyridine rings is 1. The SMILES string of the molecule is COc1cc(-c2cccc(C(F)(F)F)c2)c(F)cc1-n1c2c(ccc1=O)CN(S(=O)(=O)Nc1cccnn1)CC2. The summed E-state index contributed by atoms with van der Waals surface area (Å²) >= 11 is 0. The normalized spacial score (nSPS) is 14.0. The lowest BCUT2D eigenvalue weighted by molar-refractivity contribution is -0.137. The van der Waals surface area contributed by atoms with Crippen LogP contribution in [0.3, 0.4) is 0 Å². The highest BCUT2D eigenvalue weighted by Crippen LogP contribution is 2.36. The quantitative estimate of drug-likeness (QED) is 0.346. The van der Waals surface area contributed by atoms with E-state index in [0.717, 1.165) is 18.2 Å². The van der Waals surface area contributed by atoms with Gasteiger partial charge in [-0.05, 0) is 41.5 Å². The minimum Gasteiger partial charge on any atom is -0.495 e. The van der Waals surface area contributed by atoms with Crippen LogP contribution in [0.25, 0.3) is 16.8 Å². The molecule has 0 atom stereocenters. The van der Waals surface area contributed by atoms with E-state index >= 15 is 4.39 Å². The molecule has 1 aliphatic heterocycles. The Labute approximate surface area is 225 Å². The molecule has 9 nitrogen and oxygen atoms in total. The molecule has 14 heteroatoms. The Bertz CT molecular complexity index is 1740. The van der Waals surface area contributed by atoms with Crippen LogP contribution < -0.4 is 15.0 Å². The van der Waals surface area contributed by atoms with Crippen LogP contribution in [0.4, 0.5) is 23.4 Å². The van der Waals surface area contributed by atoms with Crippen LogP contribution >= 0.6 is 0 Å². The molecule has 0 unspecified atom stereocenters. The van der Waals surface area contributed by atoms with Gasteiger partial charge in [-0.2, -0.15) is 31.0 Å². The Hall–Kier alpha value is -4.30. The first-order chi connectivity index (χ1) is 19.0. The lowest BCUT2D eigenvalue weighted by Crippen LogP contribution is -2.41. The van der Waals surface area contributed by atoms with E-state index in [1.54, 1.807) is 0 Å². The maximum atomic E-state index is 15.4. The zero-order chi connectivity index (χ0) is 28.7. The zero-order valence-corrected chi connectivity index (χ0v) is 21.6. The minimum absolute atomic E-state index is 0.000829. The molecular weight excluding hydrogens is 554 g/mol. The molecule has 3 heterocycles. The summed E-state index contributed by atoms with van der Waals surface area (Å²) in [5.41, 5.74) is -0.631. The largest absolute Gasteiger partial charge is 0.495 e. The average Bonchev–Trinajstić information content (AvgIpc) is 2.92. The lowest BCUT2D eigenvalue weighted by atomic mass is 10.0. The highest BCUT2D eigenvalue weighted by Gasteiger charge is 2.32. The van der Waals surface area contributed by atoms with Crippen molar-refractivity contribution in [3.05, 3.63) is 99.9 Å². The second kappa shape index (κ2) is 10.4. The van der Waals surface area contributed by atoms with Crippen LogP contribution in [0.1, 0.15) is 16.8 Å². The number of nitrogens with zero attached hydrogens (tertiary/aromatic N) is 4. The second-order valence-electron chi connectivity index (χ2n) is 8.86. The van der Waals surface area contributed by atoms with Gasteiger partial charge in [-0.25, -0.2) is 4.39 Å². The maximum Gasteiger partial charge on any atom is 0.416 e. The average molecular weight is 576 g/mol. The molecule has 1 aliphatic rings. The third kappa shape index (κ3) is 5.27. The molecule has 0 radical (unpaired) electrons. The molecular formula is C26H21F4N5O4S. The van der Waals surface area contributed by atoms with Crippen LogP contribution in [0.2, 0.25) is 0 Å². The fraction of sp³-hybridized carbons (Fsp3) is 0.192. The van der Waals surface area contributed by atoms with Gasteiger partial charge >= 0.3 is 16.4 Å². The lowest BCUT2D eigenvalue weighted by Gasteiger charge is -2.30. The van der Waals surface area contributed by atoms with Gasteiger partial charge < -0.3 is 4.74 Å². The fourth-order valence-corrected chi connectivity index (χ4v) is 5.67. The molecule has 0 aliphatic carbocycles. The number of methoxy groups -OCH3 is 1. The van der Waals surface area contributed by atoms with Crippen molar-refractivity contribution in [2.24, 2.45) is 0 Å². The molecule has 4 aromatic rings. The van der Waals surface area contributed by atoms with Gasteiger partial charge in [0.1, 0.15) is 11.6 Å². The number of halogens is 4. The van der Waals surface area contributed by atoms with Crippen molar-refractivity contribution in [2.45, 2.75) is 19.1 Å². The molecule has 208 valence electrons. The number of hydrogen-bond donors (Lipinski definition) is 1. The van der Waals surface area contributed by atoms with Crippen LogP contribution in [-0.4, -0.2) is 41.1 Å². The molecule has 0 fully saturated rings. The van der Waals surface area contributed by atoms with Crippen molar-refractivity contribution in [1.29, 1.82) is 0 Å². The van der Waals surface area contributed by atoms with Crippen LogP contribution in [0, 0.1) is 5.82 Å². The second-order valence-corrected chi connectivity index (χ2v) is 10.5. The Morgan fingerprint density at radius 1 is 1.05 bits per heavy atom. The summed E-state index contributed by atoms with van der Waals surface area (Å²) in [5, 5.41) is 7.37. The first-order valence-corrected chi connectivity index (χ1v) is 13.3. The molecule has 40 heavy (non-hydrogen) atoms. The Morgan fingerprint density at radius 3 is 2.55 bits per heavy atom. The summed E-state index contributed by atoms with van der Waals surface area (Å²) < 4.78 is 91.1. The topological polar surface area (TPSA) is 106 Å². The third-order valence-electron chi connectivity index (χ3n) is 6.39. The van der Waals surface area contributed by atoms with E-state index in [-0.39, 0.29) is 47.9 Å². The van der Waals surface area contributed by atoms with Crippen LogP contribution in [-0.2, 0) is 29.4 Å². The van der Waals surface area contributed by atoms with E-state index in [2.05, 4.69) is 14.9 Å². The maximum absolute atomic E-state index is 15.4. The summed E-state index contributed by atoms with van der Waals surface area (Å²) in [6.07, 6.45) is -3.11. The monoisotopic (exact) mass is 575 g/mol. The summed E-state index contributed by atoms with van der Waals surface area (Å²) in [6.45, 7) is -0.0858. The van der Waals surface area contributed by atoms with E-state index in [1.165, 1.54) is 64.6 Å². The molecule has 2 aromatic carbocycles. The molecule has 5 rings (SSSR count). The molecule has 0 saturated carbocycles. The number of aromatic nitrogens is 3. The molecule has 0 bridgehead atoms. The van der Waals surface area contributed by atoms with Crippen LogP contribution in [0.15, 0.2) is 71.7 Å². The van der Waals surface area contributed by atoms with E-state index in [9.17, 15) is 26.4 Å². The highest BCUT2D eigenvalue weighted by atomic mass is 32.2. The number of anilines is 1. The minimum atomic E-state index is -4.61. The highest BCUT2D eigenvalue weighted by molar-refractivity contribution is 7.90. The standard InChI is InChI=1S/C26H21F4N5O4S/c1-39-23-13-19(16-4-2-5-18(12-16)26(28,29)30)20(27)14-22(23)35-21-9-11-34(15-17(21)7-8-25(35)36)40(37,38)33-24-6-3-10-31-32-24/h2-8,10,12-14H,9,11,15H2,1H3,(H,32,33). The Morgan fingerprint density at radius 2 is 1.85 bits per heavy atom. The molecule has 0 amide bonds. The molecule has 2 aromatic heterocycles. The first kappa shape index (κ1) is 27.3. The molecule has 0 saturated heterocycles. The van der Waals surface area contributed by atoms with Gasteiger partial charge in [-0.1, -0.05) is 18.2 Å². The summed E-state index contributed by atoms with van der Waals surface area (Å²) in [4.78, 5) is 13.0. The number of fused-ring (bicyclic) bond motifs is 1. The van der Waals surface area contributed by atoms with Gasteiger partial charge in [0.05, 0.1) is 18.4 Å². The van der Waals surface area contributed by atoms with Gasteiger partial charge in [0, 0.05) is 49.1 Å². The van der Waals surface area contributed by atoms with Gasteiger partial charge in [-0.3, -0.25) is 14.1 Å². The summed E-state index contributed by atoms with van der Waals surface area (Å²) in [7, 11) is -2.72. The van der Waals surface area contributed by atoms with Crippen molar-refractivity contribution in [3.8, 4) is 22.6 Å². The molecule has 0 spiro atoms. The summed E-state index contributed by atoms with van der Waals surface area (Å²) in [6, 6.07) is 12.2. The van der Waals surface area contributed by atoms with Gasteiger partial charge in [0.15, 0.2) is 5.82 Å². The fourth-order valence-electron chi connectivity index (χ4n) is 4.52. The Balaban J connectivity index is 1.53. The third-order valence-corrected chi connectivity index (χ3v) is 7.85. The van der Waals surface area contributed by atoms with Crippen molar-refractivity contribution in [2.75, 3.05) is 18.4 Å². The summed E-state index contributed by atoms with van der Waals surface area (Å²) in [5.74, 6) is -0.782. The van der Waals surface area contributed by atoms with Crippen molar-refractivity contribution in [1.82, 2.24) is 19.1 Å². The smallest absolute Gasteiger partial charge is 0.416 e. The van der Waals surface area contributed by atoms with Crippen molar-refractivity contribution in [3.63, 3.8) is 0 Å². The number of nitrogens with one attached hydrogen (secondary N) is 1. The number of ether oxygens (including phenoxy) is 1. The Kier molecular flexibility index (Phi) is 7.06. The number of alkyl halides is 3. The zero-order valence-electron chi connectivity index (χ0n) is 20.8. The van der Waals surface area contributed by atoms with E-state index in [0.29, 0.717) is 11.3 Å². The molecule has 1 N–H and O–H groups in total. The van der Waals surface area contributed by atoms with Gasteiger partial charge in [0.2, 0.25) is 0 Å².